The number of benzene rings is 2. The zero-order valence-electron chi connectivity index (χ0n) is 16.8. The van der Waals surface area contributed by atoms with Crippen molar-refractivity contribution in [1.82, 2.24) is 5.32 Å². The number of carbonyl (C=O) groups is 2. The highest BCUT2D eigenvalue weighted by molar-refractivity contribution is 7.10. The lowest BCUT2D eigenvalue weighted by molar-refractivity contribution is 0.0601. The third kappa shape index (κ3) is 4.56. The lowest BCUT2D eigenvalue weighted by Gasteiger charge is -2.17. The smallest absolute Gasteiger partial charge is 0.338 e. The van der Waals surface area contributed by atoms with Gasteiger partial charge in [0.1, 0.15) is 0 Å². The molecule has 8 heteroatoms. The number of amides is 2. The van der Waals surface area contributed by atoms with Gasteiger partial charge in [0, 0.05) is 21.4 Å². The topological polar surface area (TPSA) is 67.4 Å². The Kier molecular flexibility index (Phi) is 6.51. The van der Waals surface area contributed by atoms with E-state index in [-0.39, 0.29) is 6.03 Å². The normalized spacial score (nSPS) is 12.4. The van der Waals surface area contributed by atoms with Crippen molar-refractivity contribution in [3.8, 4) is 11.1 Å². The molecule has 1 aliphatic rings. The van der Waals surface area contributed by atoms with Crippen molar-refractivity contribution >= 4 is 52.2 Å². The Hall–Kier alpha value is -2.54. The van der Waals surface area contributed by atoms with Crippen LogP contribution in [0.15, 0.2) is 41.8 Å². The molecule has 31 heavy (non-hydrogen) atoms. The molecule has 4 rings (SSSR count). The number of fused-ring (bicyclic) bond motifs is 1. The summed E-state index contributed by atoms with van der Waals surface area (Å²) >= 11 is 14.1. The lowest BCUT2D eigenvalue weighted by Crippen LogP contribution is -2.28. The molecular formula is C23H20Cl2N2O3S. The Labute approximate surface area is 194 Å². The lowest BCUT2D eigenvalue weighted by atomic mass is 9.97. The minimum Gasteiger partial charge on any atom is -0.465 e. The van der Waals surface area contributed by atoms with Gasteiger partial charge in [-0.2, -0.15) is 0 Å². The van der Waals surface area contributed by atoms with Crippen molar-refractivity contribution in [1.29, 1.82) is 0 Å². The van der Waals surface area contributed by atoms with E-state index in [2.05, 4.69) is 16.7 Å². The molecule has 160 valence electrons. The fraction of sp³-hybridized carbons (Fsp3) is 0.217. The van der Waals surface area contributed by atoms with Gasteiger partial charge in [-0.05, 0) is 42.5 Å². The van der Waals surface area contributed by atoms with Crippen LogP contribution in [0.5, 0.6) is 0 Å². The zero-order chi connectivity index (χ0) is 22.0. The second-order valence-electron chi connectivity index (χ2n) is 7.18. The average Bonchev–Trinajstić information content (AvgIpc) is 3.44. The van der Waals surface area contributed by atoms with E-state index in [9.17, 15) is 9.59 Å². The summed E-state index contributed by atoms with van der Waals surface area (Å²) in [5, 5.41) is 8.53. The van der Waals surface area contributed by atoms with E-state index in [4.69, 9.17) is 27.9 Å². The Balaban J connectivity index is 1.57. The molecule has 0 bridgehead atoms. The Morgan fingerprint density at radius 3 is 2.77 bits per heavy atom. The summed E-state index contributed by atoms with van der Waals surface area (Å²) in [5.41, 5.74) is 5.22. The Morgan fingerprint density at radius 1 is 1.13 bits per heavy atom. The van der Waals surface area contributed by atoms with Crippen LogP contribution >= 0.6 is 34.5 Å². The van der Waals surface area contributed by atoms with Crippen molar-refractivity contribution in [3.05, 3.63) is 73.4 Å². The van der Waals surface area contributed by atoms with E-state index < -0.39 is 5.97 Å². The molecular weight excluding hydrogens is 455 g/mol. The van der Waals surface area contributed by atoms with Crippen LogP contribution in [-0.4, -0.2) is 19.1 Å². The summed E-state index contributed by atoms with van der Waals surface area (Å²) in [7, 11) is 1.34. The first-order valence-corrected chi connectivity index (χ1v) is 11.4. The number of hydrogen-bond donors (Lipinski definition) is 2. The number of hydrogen-bond acceptors (Lipinski definition) is 4. The minimum atomic E-state index is -0.394. The van der Waals surface area contributed by atoms with E-state index in [1.54, 1.807) is 17.5 Å². The summed E-state index contributed by atoms with van der Waals surface area (Å²) in [4.78, 5) is 25.2. The number of nitrogens with one attached hydrogen (secondary N) is 2. The van der Waals surface area contributed by atoms with Crippen molar-refractivity contribution in [2.24, 2.45) is 0 Å². The van der Waals surface area contributed by atoms with Gasteiger partial charge in [-0.15, -0.1) is 11.3 Å². The maximum atomic E-state index is 12.7. The van der Waals surface area contributed by atoms with Crippen molar-refractivity contribution in [2.75, 3.05) is 12.4 Å². The molecule has 2 amide bonds. The first kappa shape index (κ1) is 21.7. The molecule has 1 heterocycles. The van der Waals surface area contributed by atoms with Crippen molar-refractivity contribution in [3.63, 3.8) is 0 Å². The standard InChI is InChI=1S/C23H20Cl2N2O3S/c1-30-22(28)14-10-15(31-12-14)11-26-23(29)27-21-16-5-2-4-13(16)8-9-18(21)17-6-3-7-19(24)20(17)25/h3,6-10,12H,2,4-5,11H2,1H3,(H2,26,27,29). The second kappa shape index (κ2) is 9.30. The molecule has 0 atom stereocenters. The summed E-state index contributed by atoms with van der Waals surface area (Å²) in [6.45, 7) is 0.301. The molecule has 0 radical (unpaired) electrons. The second-order valence-corrected chi connectivity index (χ2v) is 8.96. The first-order valence-electron chi connectivity index (χ1n) is 9.77. The van der Waals surface area contributed by atoms with E-state index in [0.717, 1.165) is 46.5 Å². The summed E-state index contributed by atoms with van der Waals surface area (Å²) in [6, 6.07) is 11.0. The minimum absolute atomic E-state index is 0.301. The average molecular weight is 475 g/mol. The highest BCUT2D eigenvalue weighted by atomic mass is 35.5. The number of anilines is 1. The van der Waals surface area contributed by atoms with Gasteiger partial charge in [-0.25, -0.2) is 9.59 Å². The van der Waals surface area contributed by atoms with Gasteiger partial charge in [0.2, 0.25) is 0 Å². The van der Waals surface area contributed by atoms with Crippen LogP contribution in [0, 0.1) is 0 Å². The van der Waals surface area contributed by atoms with Gasteiger partial charge in [0.15, 0.2) is 0 Å². The van der Waals surface area contributed by atoms with Crippen LogP contribution in [0.25, 0.3) is 11.1 Å². The molecule has 0 fully saturated rings. The van der Waals surface area contributed by atoms with Crippen LogP contribution < -0.4 is 10.6 Å². The molecule has 0 spiro atoms. The predicted molar refractivity (Wildman–Crippen MR) is 125 cm³/mol. The maximum Gasteiger partial charge on any atom is 0.338 e. The van der Waals surface area contributed by atoms with Crippen LogP contribution in [0.2, 0.25) is 10.0 Å². The predicted octanol–water partition coefficient (Wildman–Crippen LogP) is 6.32. The largest absolute Gasteiger partial charge is 0.465 e. The van der Waals surface area contributed by atoms with Crippen LogP contribution in [0.4, 0.5) is 10.5 Å². The zero-order valence-corrected chi connectivity index (χ0v) is 19.1. The number of halogens is 2. The van der Waals surface area contributed by atoms with Crippen LogP contribution in [0.1, 0.15) is 32.8 Å². The number of rotatable bonds is 5. The van der Waals surface area contributed by atoms with E-state index in [0.29, 0.717) is 22.2 Å². The van der Waals surface area contributed by atoms with Crippen molar-refractivity contribution < 1.29 is 14.3 Å². The molecule has 0 saturated heterocycles. The van der Waals surface area contributed by atoms with Gasteiger partial charge in [-0.1, -0.05) is 47.5 Å². The summed E-state index contributed by atoms with van der Waals surface area (Å²) < 4.78 is 4.72. The third-order valence-corrected chi connectivity index (χ3v) is 7.02. The van der Waals surface area contributed by atoms with E-state index in [1.165, 1.54) is 24.0 Å². The molecule has 3 aromatic rings. The van der Waals surface area contributed by atoms with E-state index >= 15 is 0 Å². The van der Waals surface area contributed by atoms with Gasteiger partial charge in [-0.3, -0.25) is 0 Å². The number of aryl methyl sites for hydroxylation is 1. The van der Waals surface area contributed by atoms with Crippen LogP contribution in [0.3, 0.4) is 0 Å². The fourth-order valence-corrected chi connectivity index (χ4v) is 4.96. The van der Waals surface area contributed by atoms with Gasteiger partial charge < -0.3 is 15.4 Å². The highest BCUT2D eigenvalue weighted by Crippen LogP contribution is 2.41. The number of esters is 1. The highest BCUT2D eigenvalue weighted by Gasteiger charge is 2.22. The number of methoxy groups -OCH3 is 1. The number of carbonyl (C=O) groups excluding carboxylic acids is 2. The SMILES string of the molecule is COC(=O)c1csc(CNC(=O)Nc2c(-c3cccc(Cl)c3Cl)ccc3c2CCC3)c1. The Bertz CT molecular complexity index is 1160. The van der Waals surface area contributed by atoms with Crippen LogP contribution in [-0.2, 0) is 24.1 Å². The molecule has 2 N–H and O–H groups in total. The maximum absolute atomic E-state index is 12.7. The monoisotopic (exact) mass is 474 g/mol. The molecule has 1 aliphatic carbocycles. The number of urea groups is 1. The van der Waals surface area contributed by atoms with Gasteiger partial charge in [0.05, 0.1) is 35.0 Å². The summed E-state index contributed by atoms with van der Waals surface area (Å²) in [5.74, 6) is -0.394. The summed E-state index contributed by atoms with van der Waals surface area (Å²) in [6.07, 6.45) is 2.93. The number of ether oxygens (including phenoxy) is 1. The molecule has 0 unspecified atom stereocenters. The fourth-order valence-electron chi connectivity index (χ4n) is 3.77. The molecule has 0 aliphatic heterocycles. The quantitative estimate of drug-likeness (QED) is 0.425. The first-order chi connectivity index (χ1) is 15.0. The van der Waals surface area contributed by atoms with E-state index in [1.807, 2.05) is 18.2 Å². The Morgan fingerprint density at radius 2 is 1.97 bits per heavy atom. The molecule has 5 nitrogen and oxygen atoms in total. The molecule has 2 aromatic carbocycles. The van der Waals surface area contributed by atoms with Gasteiger partial charge >= 0.3 is 12.0 Å². The molecule has 0 saturated carbocycles. The molecule has 1 aromatic heterocycles. The number of thiophene rings is 1. The van der Waals surface area contributed by atoms with Gasteiger partial charge in [0.25, 0.3) is 0 Å². The van der Waals surface area contributed by atoms with Crippen molar-refractivity contribution in [2.45, 2.75) is 25.8 Å². The third-order valence-electron chi connectivity index (χ3n) is 5.26.